The topological polar surface area (TPSA) is 15.3 Å². The second-order valence-corrected chi connectivity index (χ2v) is 21.3. The molecule has 0 bridgehead atoms. The first kappa shape index (κ1) is 44.1. The van der Waals surface area contributed by atoms with Gasteiger partial charge in [0.1, 0.15) is 0 Å². The van der Waals surface area contributed by atoms with Crippen molar-refractivity contribution >= 4 is 110 Å². The number of para-hydroxylation sites is 2. The van der Waals surface area contributed by atoms with Gasteiger partial charge in [0.2, 0.25) is 0 Å². The number of nitrogens with zero attached hydrogens (tertiary/aromatic N) is 4. The van der Waals surface area contributed by atoms with Crippen molar-refractivity contribution in [2.75, 3.05) is 9.80 Å². The number of aromatic nitrogens is 2. The molecule has 0 spiro atoms. The average Bonchev–Trinajstić information content (AvgIpc) is 4.36. The van der Waals surface area contributed by atoms with E-state index in [0.29, 0.717) is 0 Å². The largest absolute Gasteiger partial charge is 0.309 e. The molecule has 362 valence electrons. The van der Waals surface area contributed by atoms with Crippen LogP contribution in [0.2, 0.25) is 0 Å². The van der Waals surface area contributed by atoms with Crippen molar-refractivity contribution in [1.82, 2.24) is 8.80 Å². The lowest BCUT2D eigenvalue weighted by Crippen LogP contribution is -2.13. The van der Waals surface area contributed by atoms with E-state index >= 15 is 0 Å². The number of rotatable bonds is 8. The number of anilines is 6. The monoisotopic (exact) mass is 974 g/mol. The second-order valence-electron chi connectivity index (χ2n) is 21.3. The fraction of sp³-hybridized carbons (Fsp3) is 0.0833. The van der Waals surface area contributed by atoms with Crippen molar-refractivity contribution < 1.29 is 0 Å². The molecule has 0 saturated heterocycles. The summed E-state index contributed by atoms with van der Waals surface area (Å²) in [5, 5.41) is 9.98. The maximum absolute atomic E-state index is 2.56. The molecule has 4 aromatic heterocycles. The second kappa shape index (κ2) is 16.6. The van der Waals surface area contributed by atoms with Crippen LogP contribution in [0.4, 0.5) is 34.1 Å². The Hall–Kier alpha value is -9.38. The van der Waals surface area contributed by atoms with E-state index in [4.69, 9.17) is 0 Å². The summed E-state index contributed by atoms with van der Waals surface area (Å²) in [7, 11) is 0. The summed E-state index contributed by atoms with van der Waals surface area (Å²) in [6.07, 6.45) is 0. The Labute approximate surface area is 442 Å². The van der Waals surface area contributed by atoms with Gasteiger partial charge in [0.25, 0.3) is 0 Å². The minimum absolute atomic E-state index is 1.15. The van der Waals surface area contributed by atoms with Gasteiger partial charge < -0.3 is 18.6 Å². The molecule has 15 rings (SSSR count). The van der Waals surface area contributed by atoms with Gasteiger partial charge in [-0.15, -0.1) is 0 Å². The molecule has 0 amide bonds. The van der Waals surface area contributed by atoms with E-state index in [1.807, 2.05) is 0 Å². The van der Waals surface area contributed by atoms with Crippen LogP contribution in [0.15, 0.2) is 218 Å². The summed E-state index contributed by atoms with van der Waals surface area (Å²) in [6.45, 7) is 13.3. The Kier molecular flexibility index (Phi) is 9.62. The zero-order valence-electron chi connectivity index (χ0n) is 43.6. The number of benzene rings is 11. The summed E-state index contributed by atoms with van der Waals surface area (Å²) in [5.74, 6) is 0. The highest BCUT2D eigenvalue weighted by Gasteiger charge is 2.30. The third kappa shape index (κ3) is 6.37. The summed E-state index contributed by atoms with van der Waals surface area (Å²) in [5.41, 5.74) is 26.5. The third-order valence-electron chi connectivity index (χ3n) is 16.4. The molecule has 0 aliphatic rings. The van der Waals surface area contributed by atoms with E-state index in [2.05, 4.69) is 279 Å². The van der Waals surface area contributed by atoms with Gasteiger partial charge >= 0.3 is 0 Å². The highest BCUT2D eigenvalue weighted by molar-refractivity contribution is 6.32. The molecular formula is C72H54N4. The molecule has 0 unspecified atom stereocenters. The Morgan fingerprint density at radius 1 is 0.263 bits per heavy atom. The van der Waals surface area contributed by atoms with Gasteiger partial charge in [0, 0.05) is 65.6 Å². The molecule has 76 heavy (non-hydrogen) atoms. The van der Waals surface area contributed by atoms with Crippen molar-refractivity contribution in [2.45, 2.75) is 41.5 Å². The van der Waals surface area contributed by atoms with Crippen molar-refractivity contribution in [3.05, 3.63) is 252 Å². The molecule has 15 aromatic rings. The van der Waals surface area contributed by atoms with Gasteiger partial charge in [-0.05, 0) is 137 Å². The highest BCUT2D eigenvalue weighted by atomic mass is 15.2. The van der Waals surface area contributed by atoms with Crippen LogP contribution in [0.5, 0.6) is 0 Å². The number of hydrogen-bond acceptors (Lipinski definition) is 2. The molecule has 0 atom stereocenters. The lowest BCUT2D eigenvalue weighted by molar-refractivity contribution is 1.24. The van der Waals surface area contributed by atoms with E-state index in [0.717, 1.165) is 22.7 Å². The average molecular weight is 975 g/mol. The third-order valence-corrected chi connectivity index (χ3v) is 16.4. The lowest BCUT2D eigenvalue weighted by atomic mass is 9.97. The van der Waals surface area contributed by atoms with Crippen LogP contribution >= 0.6 is 0 Å². The van der Waals surface area contributed by atoms with E-state index in [1.54, 1.807) is 0 Å². The SMILES string of the molecule is Cc1ccc(N(c2ccc(C)cc2-c2ccccc2)c2ccc3c4cc5c(cc4n4c6ccccc6c2c34)c2ccc(N(c3ccc(C)cc3C)c3ccc(C)cc3-c3ccccc3)c3c4ccccc4n5c23)c(C)c1. The molecule has 0 fully saturated rings. The summed E-state index contributed by atoms with van der Waals surface area (Å²) in [4.78, 5) is 5.07. The van der Waals surface area contributed by atoms with Crippen molar-refractivity contribution in [3.8, 4) is 22.3 Å². The van der Waals surface area contributed by atoms with Gasteiger partial charge in [-0.25, -0.2) is 0 Å². The number of hydrogen-bond donors (Lipinski definition) is 0. The minimum atomic E-state index is 1.15. The molecule has 0 aliphatic heterocycles. The van der Waals surface area contributed by atoms with E-state index in [9.17, 15) is 0 Å². The van der Waals surface area contributed by atoms with Crippen LogP contribution in [-0.4, -0.2) is 8.80 Å². The van der Waals surface area contributed by atoms with Gasteiger partial charge in [-0.1, -0.05) is 168 Å². The molecular weight excluding hydrogens is 921 g/mol. The first-order chi connectivity index (χ1) is 37.2. The van der Waals surface area contributed by atoms with E-state index in [1.165, 1.54) is 143 Å². The predicted octanol–water partition coefficient (Wildman–Crippen LogP) is 20.1. The summed E-state index contributed by atoms with van der Waals surface area (Å²) < 4.78 is 5.13. The Bertz CT molecular complexity index is 4520. The maximum atomic E-state index is 2.56. The van der Waals surface area contributed by atoms with Gasteiger partial charge in [-0.2, -0.15) is 0 Å². The molecule has 0 saturated carbocycles. The zero-order valence-corrected chi connectivity index (χ0v) is 43.6. The molecule has 4 heteroatoms. The minimum Gasteiger partial charge on any atom is -0.309 e. The van der Waals surface area contributed by atoms with E-state index in [-0.39, 0.29) is 0 Å². The van der Waals surface area contributed by atoms with E-state index < -0.39 is 0 Å². The van der Waals surface area contributed by atoms with Crippen molar-refractivity contribution in [1.29, 1.82) is 0 Å². The van der Waals surface area contributed by atoms with Crippen LogP contribution in [0.3, 0.4) is 0 Å². The maximum Gasteiger partial charge on any atom is 0.0641 e. The predicted molar refractivity (Wildman–Crippen MR) is 324 cm³/mol. The Morgan fingerprint density at radius 2 is 0.618 bits per heavy atom. The molecule has 0 N–H and O–H groups in total. The van der Waals surface area contributed by atoms with Gasteiger partial charge in [0.05, 0.1) is 55.8 Å². The quantitative estimate of drug-likeness (QED) is 0.151. The van der Waals surface area contributed by atoms with Crippen LogP contribution in [0.25, 0.3) is 98.4 Å². The first-order valence-corrected chi connectivity index (χ1v) is 26.6. The smallest absolute Gasteiger partial charge is 0.0641 e. The lowest BCUT2D eigenvalue weighted by Gasteiger charge is -2.30. The number of fused-ring (bicyclic) bond motifs is 12. The van der Waals surface area contributed by atoms with Crippen molar-refractivity contribution in [3.63, 3.8) is 0 Å². The molecule has 4 nitrogen and oxygen atoms in total. The highest BCUT2D eigenvalue weighted by Crippen LogP contribution is 2.53. The standard InChI is InChI=1S/C72H54N4/c1-43-25-31-59(47(5)37-43)73(63-33-27-45(3)39-55(63)49-17-9-7-10-18-49)65-35-29-51-57-41-68-58(42-67(57)75-61-23-15-13-21-53(61)69(65)71(51)75)52-30-36-66(70-54-22-14-16-24-62(54)76(68)72(52)70)74(60-32-26-44(2)38-48(60)6)64-34-28-46(4)40-56(64)50-19-11-8-12-20-50/h7-42H,1-6H3. The zero-order chi connectivity index (χ0) is 51.1. The molecule has 11 aromatic carbocycles. The van der Waals surface area contributed by atoms with Crippen LogP contribution < -0.4 is 9.80 Å². The first-order valence-electron chi connectivity index (χ1n) is 26.6. The van der Waals surface area contributed by atoms with Crippen LogP contribution in [0.1, 0.15) is 33.4 Å². The Morgan fingerprint density at radius 3 is 1.03 bits per heavy atom. The van der Waals surface area contributed by atoms with Crippen molar-refractivity contribution in [2.24, 2.45) is 0 Å². The van der Waals surface area contributed by atoms with Gasteiger partial charge in [-0.3, -0.25) is 0 Å². The summed E-state index contributed by atoms with van der Waals surface area (Å²) >= 11 is 0. The molecule has 0 aliphatic carbocycles. The fourth-order valence-corrected chi connectivity index (χ4v) is 13.1. The Balaban J connectivity index is 1.02. The van der Waals surface area contributed by atoms with Gasteiger partial charge in [0.15, 0.2) is 0 Å². The molecule has 0 radical (unpaired) electrons. The van der Waals surface area contributed by atoms with Crippen LogP contribution in [-0.2, 0) is 0 Å². The normalized spacial score (nSPS) is 12.1. The fourth-order valence-electron chi connectivity index (χ4n) is 13.1. The summed E-state index contributed by atoms with van der Waals surface area (Å²) in [6, 6.07) is 82.0. The molecule has 4 heterocycles. The van der Waals surface area contributed by atoms with Crippen LogP contribution in [0, 0.1) is 41.5 Å². The number of aryl methyl sites for hydroxylation is 6.